The number of alkyl halides is 1. The summed E-state index contributed by atoms with van der Waals surface area (Å²) >= 11 is 3.73. The molecule has 0 bridgehead atoms. The molecule has 0 amide bonds. The zero-order chi connectivity index (χ0) is 14.8. The summed E-state index contributed by atoms with van der Waals surface area (Å²) in [7, 11) is 0. The first-order valence-corrected chi connectivity index (χ1v) is 8.02. The molecule has 0 saturated heterocycles. The van der Waals surface area contributed by atoms with Crippen molar-refractivity contribution >= 4 is 27.0 Å². The first kappa shape index (κ1) is 14.2. The Morgan fingerprint density at radius 1 is 1.19 bits per heavy atom. The van der Waals surface area contributed by atoms with E-state index in [4.69, 9.17) is 0 Å². The summed E-state index contributed by atoms with van der Waals surface area (Å²) in [5, 5.41) is 5.51. The van der Waals surface area contributed by atoms with E-state index in [1.807, 2.05) is 41.2 Å². The minimum absolute atomic E-state index is 0.314. The number of nitrogens with zero attached hydrogens (tertiary/aromatic N) is 4. The van der Waals surface area contributed by atoms with Gasteiger partial charge in [0.15, 0.2) is 5.65 Å². The third kappa shape index (κ3) is 2.58. The molecular formula is C16H17BrN4. The average molecular weight is 345 g/mol. The number of para-hydroxylation sites is 1. The summed E-state index contributed by atoms with van der Waals surface area (Å²) in [5.41, 5.74) is 2.91. The molecule has 0 N–H and O–H groups in total. The van der Waals surface area contributed by atoms with Crippen molar-refractivity contribution in [1.29, 1.82) is 0 Å². The summed E-state index contributed by atoms with van der Waals surface area (Å²) in [6.07, 6.45) is 4.55. The lowest BCUT2D eigenvalue weighted by molar-refractivity contribution is 0.679. The van der Waals surface area contributed by atoms with E-state index in [1.165, 1.54) is 0 Å². The lowest BCUT2D eigenvalue weighted by Crippen LogP contribution is -2.10. The Balaban J connectivity index is 2.13. The van der Waals surface area contributed by atoms with Crippen LogP contribution in [-0.2, 0) is 0 Å². The average Bonchev–Trinajstić information content (AvgIpc) is 2.98. The highest BCUT2D eigenvalue weighted by atomic mass is 79.9. The zero-order valence-corrected chi connectivity index (χ0v) is 13.7. The summed E-state index contributed by atoms with van der Waals surface area (Å²) in [4.78, 5) is 9.31. The number of hydrogen-bond acceptors (Lipinski definition) is 3. The van der Waals surface area contributed by atoms with Crippen LogP contribution in [0.2, 0.25) is 0 Å². The van der Waals surface area contributed by atoms with Crippen LogP contribution < -0.4 is 0 Å². The maximum Gasteiger partial charge on any atom is 0.166 e. The SMILES string of the molecule is CCC(Br)C(C)c1ncnc2c1cnn2-c1ccccc1. The summed E-state index contributed by atoms with van der Waals surface area (Å²) in [5.74, 6) is 0.314. The van der Waals surface area contributed by atoms with E-state index in [-0.39, 0.29) is 0 Å². The minimum Gasteiger partial charge on any atom is -0.240 e. The standard InChI is InChI=1S/C16H17BrN4/c1-3-14(17)11(2)15-13-9-20-21(16(13)19-10-18-15)12-7-5-4-6-8-12/h4-11,14H,3H2,1-2H3. The van der Waals surface area contributed by atoms with Crippen molar-refractivity contribution in [2.45, 2.75) is 31.0 Å². The van der Waals surface area contributed by atoms with Crippen molar-refractivity contribution < 1.29 is 0 Å². The fourth-order valence-electron chi connectivity index (χ4n) is 2.51. The van der Waals surface area contributed by atoms with E-state index < -0.39 is 0 Å². The molecule has 2 aromatic heterocycles. The predicted molar refractivity (Wildman–Crippen MR) is 88.1 cm³/mol. The molecule has 4 nitrogen and oxygen atoms in total. The Morgan fingerprint density at radius 2 is 1.95 bits per heavy atom. The number of rotatable bonds is 4. The highest BCUT2D eigenvalue weighted by Crippen LogP contribution is 2.30. The van der Waals surface area contributed by atoms with Crippen LogP contribution in [0.4, 0.5) is 0 Å². The smallest absolute Gasteiger partial charge is 0.166 e. The number of fused-ring (bicyclic) bond motifs is 1. The van der Waals surface area contributed by atoms with Crippen molar-refractivity contribution in [3.63, 3.8) is 0 Å². The normalized spacial score (nSPS) is 14.2. The maximum absolute atomic E-state index is 4.49. The summed E-state index contributed by atoms with van der Waals surface area (Å²) in [6, 6.07) is 10.0. The molecule has 3 aromatic rings. The van der Waals surface area contributed by atoms with Gasteiger partial charge in [-0.05, 0) is 18.6 Å². The molecule has 2 atom stereocenters. The molecule has 1 aromatic carbocycles. The second-order valence-electron chi connectivity index (χ2n) is 5.10. The van der Waals surface area contributed by atoms with Crippen LogP contribution in [0.15, 0.2) is 42.9 Å². The van der Waals surface area contributed by atoms with E-state index in [2.05, 4.69) is 44.8 Å². The van der Waals surface area contributed by atoms with Crippen LogP contribution >= 0.6 is 15.9 Å². The Kier molecular flexibility index (Phi) is 4.01. The fourth-order valence-corrected chi connectivity index (χ4v) is 2.76. The first-order chi connectivity index (χ1) is 10.2. The van der Waals surface area contributed by atoms with Gasteiger partial charge in [0, 0.05) is 10.7 Å². The van der Waals surface area contributed by atoms with Crippen LogP contribution in [0.5, 0.6) is 0 Å². The number of aromatic nitrogens is 4. The molecule has 0 aliphatic heterocycles. The monoisotopic (exact) mass is 344 g/mol. The van der Waals surface area contributed by atoms with Crippen molar-refractivity contribution in [3.05, 3.63) is 48.5 Å². The zero-order valence-electron chi connectivity index (χ0n) is 12.1. The van der Waals surface area contributed by atoms with E-state index in [0.717, 1.165) is 28.8 Å². The topological polar surface area (TPSA) is 43.6 Å². The number of benzene rings is 1. The van der Waals surface area contributed by atoms with Gasteiger partial charge < -0.3 is 0 Å². The van der Waals surface area contributed by atoms with Crippen molar-refractivity contribution in [1.82, 2.24) is 19.7 Å². The quantitative estimate of drug-likeness (QED) is 0.669. The molecule has 0 radical (unpaired) electrons. The third-order valence-electron chi connectivity index (χ3n) is 3.76. The van der Waals surface area contributed by atoms with Crippen LogP contribution in [-0.4, -0.2) is 24.6 Å². The van der Waals surface area contributed by atoms with Gasteiger partial charge in [-0.25, -0.2) is 14.6 Å². The van der Waals surface area contributed by atoms with Gasteiger partial charge in [0.2, 0.25) is 0 Å². The molecule has 0 spiro atoms. The third-order valence-corrected chi connectivity index (χ3v) is 5.20. The highest BCUT2D eigenvalue weighted by Gasteiger charge is 2.20. The summed E-state index contributed by atoms with van der Waals surface area (Å²) in [6.45, 7) is 4.35. The van der Waals surface area contributed by atoms with E-state index >= 15 is 0 Å². The van der Waals surface area contributed by atoms with Crippen molar-refractivity contribution in [2.75, 3.05) is 0 Å². The van der Waals surface area contributed by atoms with Crippen LogP contribution in [0.1, 0.15) is 31.9 Å². The van der Waals surface area contributed by atoms with E-state index in [9.17, 15) is 0 Å². The molecule has 21 heavy (non-hydrogen) atoms. The lowest BCUT2D eigenvalue weighted by atomic mass is 10.00. The number of halogens is 1. The largest absolute Gasteiger partial charge is 0.240 e. The van der Waals surface area contributed by atoms with Gasteiger partial charge in [-0.2, -0.15) is 5.10 Å². The highest BCUT2D eigenvalue weighted by molar-refractivity contribution is 9.09. The van der Waals surface area contributed by atoms with Crippen molar-refractivity contribution in [3.8, 4) is 5.69 Å². The van der Waals surface area contributed by atoms with Crippen molar-refractivity contribution in [2.24, 2.45) is 0 Å². The Bertz CT molecular complexity index is 738. The molecule has 5 heteroatoms. The van der Waals surface area contributed by atoms with Gasteiger partial charge in [-0.1, -0.05) is 48.0 Å². The Hall–Kier alpha value is -1.75. The molecule has 2 heterocycles. The van der Waals surface area contributed by atoms with E-state index in [0.29, 0.717) is 10.7 Å². The molecule has 0 saturated carbocycles. The van der Waals surface area contributed by atoms with Gasteiger partial charge in [0.1, 0.15) is 6.33 Å². The fraction of sp³-hybridized carbons (Fsp3) is 0.312. The van der Waals surface area contributed by atoms with Gasteiger partial charge in [0.25, 0.3) is 0 Å². The molecule has 0 aliphatic rings. The Labute approximate surface area is 132 Å². The van der Waals surface area contributed by atoms with Crippen LogP contribution in [0.3, 0.4) is 0 Å². The van der Waals surface area contributed by atoms with E-state index in [1.54, 1.807) is 6.33 Å². The first-order valence-electron chi connectivity index (χ1n) is 7.10. The molecule has 0 fully saturated rings. The van der Waals surface area contributed by atoms with Crippen LogP contribution in [0, 0.1) is 0 Å². The molecule has 0 aliphatic carbocycles. The molecular weight excluding hydrogens is 328 g/mol. The van der Waals surface area contributed by atoms with Gasteiger partial charge in [-0.3, -0.25) is 0 Å². The second-order valence-corrected chi connectivity index (χ2v) is 6.28. The lowest BCUT2D eigenvalue weighted by Gasteiger charge is -2.16. The second kappa shape index (κ2) is 5.93. The molecule has 2 unspecified atom stereocenters. The summed E-state index contributed by atoms with van der Waals surface area (Å²) < 4.78 is 1.86. The number of hydrogen-bond donors (Lipinski definition) is 0. The maximum atomic E-state index is 4.49. The van der Waals surface area contributed by atoms with Gasteiger partial charge in [0.05, 0.1) is 23.0 Å². The molecule has 108 valence electrons. The minimum atomic E-state index is 0.314. The van der Waals surface area contributed by atoms with Gasteiger partial charge >= 0.3 is 0 Å². The van der Waals surface area contributed by atoms with Crippen LogP contribution in [0.25, 0.3) is 16.7 Å². The Morgan fingerprint density at radius 3 is 2.67 bits per heavy atom. The van der Waals surface area contributed by atoms with Gasteiger partial charge in [-0.15, -0.1) is 0 Å². The predicted octanol–water partition coefficient (Wildman–Crippen LogP) is 4.09. The molecule has 3 rings (SSSR count).